The first-order chi connectivity index (χ1) is 9.78. The van der Waals surface area contributed by atoms with Crippen LogP contribution in [0.5, 0.6) is 0 Å². The van der Waals surface area contributed by atoms with Gasteiger partial charge in [0.1, 0.15) is 5.82 Å². The lowest BCUT2D eigenvalue weighted by atomic mass is 10.1. The Balaban J connectivity index is 1.87. The molecule has 0 saturated carbocycles. The molecule has 2 heterocycles. The number of fused-ring (bicyclic) bond motifs is 1. The summed E-state index contributed by atoms with van der Waals surface area (Å²) in [6, 6.07) is 6.14. The Morgan fingerprint density at radius 2 is 2.25 bits per heavy atom. The van der Waals surface area contributed by atoms with E-state index in [2.05, 4.69) is 38.8 Å². The third kappa shape index (κ3) is 2.67. The van der Waals surface area contributed by atoms with Crippen LogP contribution in [0.4, 0.5) is 5.69 Å². The van der Waals surface area contributed by atoms with Gasteiger partial charge in [-0.25, -0.2) is 4.98 Å². The third-order valence-corrected chi connectivity index (χ3v) is 3.93. The van der Waals surface area contributed by atoms with E-state index in [9.17, 15) is 0 Å². The van der Waals surface area contributed by atoms with Crippen LogP contribution >= 0.6 is 11.6 Å². The van der Waals surface area contributed by atoms with Gasteiger partial charge in [-0.3, -0.25) is 0 Å². The second-order valence-electron chi connectivity index (χ2n) is 5.01. The lowest BCUT2D eigenvalue weighted by Crippen LogP contribution is -2.34. The molecule has 0 radical (unpaired) electrons. The van der Waals surface area contributed by atoms with Gasteiger partial charge in [-0.15, -0.1) is 0 Å². The van der Waals surface area contributed by atoms with Crippen LogP contribution in [-0.2, 0) is 19.6 Å². The van der Waals surface area contributed by atoms with Crippen molar-refractivity contribution in [3.8, 4) is 0 Å². The van der Waals surface area contributed by atoms with E-state index in [0.717, 1.165) is 43.6 Å². The van der Waals surface area contributed by atoms with Crippen molar-refractivity contribution in [1.82, 2.24) is 14.9 Å². The molecule has 4 nitrogen and oxygen atoms in total. The van der Waals surface area contributed by atoms with Gasteiger partial charge >= 0.3 is 0 Å². The van der Waals surface area contributed by atoms with Gasteiger partial charge in [-0.1, -0.05) is 24.6 Å². The zero-order valence-electron chi connectivity index (χ0n) is 11.6. The standard InChI is InChI=1S/C15H19ClN4/c1-2-17-10-12-3-4-13(16)9-14(12)20-8-7-19-6-5-18-15(19)11-20/h3-6,9,17H,2,7-8,10-11H2,1H3. The summed E-state index contributed by atoms with van der Waals surface area (Å²) >= 11 is 6.18. The number of nitrogens with zero attached hydrogens (tertiary/aromatic N) is 3. The highest BCUT2D eigenvalue weighted by Gasteiger charge is 2.19. The molecule has 1 N–H and O–H groups in total. The average Bonchev–Trinajstić information content (AvgIpc) is 2.93. The second-order valence-corrected chi connectivity index (χ2v) is 5.45. The summed E-state index contributed by atoms with van der Waals surface area (Å²) in [7, 11) is 0. The van der Waals surface area contributed by atoms with Gasteiger partial charge in [0.05, 0.1) is 6.54 Å². The molecule has 1 aliphatic heterocycles. The van der Waals surface area contributed by atoms with Gasteiger partial charge in [0, 0.05) is 42.7 Å². The second kappa shape index (κ2) is 5.85. The first kappa shape index (κ1) is 13.5. The monoisotopic (exact) mass is 290 g/mol. The van der Waals surface area contributed by atoms with Crippen LogP contribution < -0.4 is 10.2 Å². The average molecular weight is 291 g/mol. The minimum absolute atomic E-state index is 0.786. The molecule has 0 spiro atoms. The van der Waals surface area contributed by atoms with E-state index in [1.807, 2.05) is 18.5 Å². The lowest BCUT2D eigenvalue weighted by Gasteiger charge is -2.31. The number of imidazole rings is 1. The molecule has 0 bridgehead atoms. The summed E-state index contributed by atoms with van der Waals surface area (Å²) in [6.45, 7) is 6.76. The fourth-order valence-corrected chi connectivity index (χ4v) is 2.79. The van der Waals surface area contributed by atoms with E-state index in [1.165, 1.54) is 11.3 Å². The lowest BCUT2D eigenvalue weighted by molar-refractivity contribution is 0.557. The molecular formula is C15H19ClN4. The Morgan fingerprint density at radius 1 is 1.35 bits per heavy atom. The van der Waals surface area contributed by atoms with E-state index < -0.39 is 0 Å². The third-order valence-electron chi connectivity index (χ3n) is 3.70. The molecule has 5 heteroatoms. The Labute approximate surface area is 124 Å². The van der Waals surface area contributed by atoms with E-state index in [-0.39, 0.29) is 0 Å². The summed E-state index contributed by atoms with van der Waals surface area (Å²) in [6.07, 6.45) is 3.92. The summed E-state index contributed by atoms with van der Waals surface area (Å²) in [5, 5.41) is 4.17. The summed E-state index contributed by atoms with van der Waals surface area (Å²) in [5.41, 5.74) is 2.50. The summed E-state index contributed by atoms with van der Waals surface area (Å²) < 4.78 is 2.21. The molecule has 0 amide bonds. The van der Waals surface area contributed by atoms with Gasteiger partial charge in [0.2, 0.25) is 0 Å². The molecule has 1 aromatic heterocycles. The predicted molar refractivity (Wildman–Crippen MR) is 82.1 cm³/mol. The fourth-order valence-electron chi connectivity index (χ4n) is 2.62. The largest absolute Gasteiger partial charge is 0.362 e. The van der Waals surface area contributed by atoms with E-state index in [0.29, 0.717) is 0 Å². The maximum atomic E-state index is 6.18. The number of aromatic nitrogens is 2. The molecule has 3 rings (SSSR count). The number of hydrogen-bond acceptors (Lipinski definition) is 3. The van der Waals surface area contributed by atoms with E-state index in [1.54, 1.807) is 0 Å². The highest BCUT2D eigenvalue weighted by molar-refractivity contribution is 6.30. The van der Waals surface area contributed by atoms with E-state index in [4.69, 9.17) is 11.6 Å². The van der Waals surface area contributed by atoms with Crippen molar-refractivity contribution in [3.63, 3.8) is 0 Å². The van der Waals surface area contributed by atoms with E-state index >= 15 is 0 Å². The zero-order chi connectivity index (χ0) is 13.9. The highest BCUT2D eigenvalue weighted by atomic mass is 35.5. The SMILES string of the molecule is CCNCc1ccc(Cl)cc1N1CCn2ccnc2C1. The molecule has 2 aromatic rings. The van der Waals surface area contributed by atoms with Crippen molar-refractivity contribution in [3.05, 3.63) is 47.0 Å². The number of benzene rings is 1. The zero-order valence-corrected chi connectivity index (χ0v) is 12.4. The molecule has 1 aliphatic rings. The predicted octanol–water partition coefficient (Wildman–Crippen LogP) is 2.67. The van der Waals surface area contributed by atoms with Crippen LogP contribution in [-0.4, -0.2) is 22.6 Å². The normalized spacial score (nSPS) is 14.4. The first-order valence-electron chi connectivity index (χ1n) is 7.02. The molecule has 106 valence electrons. The Kier molecular flexibility index (Phi) is 3.94. The minimum atomic E-state index is 0.786. The first-order valence-corrected chi connectivity index (χ1v) is 7.40. The molecular weight excluding hydrogens is 272 g/mol. The van der Waals surface area contributed by atoms with Crippen molar-refractivity contribution in [1.29, 1.82) is 0 Å². The van der Waals surface area contributed by atoms with Crippen LogP contribution in [0.1, 0.15) is 18.3 Å². The van der Waals surface area contributed by atoms with Crippen LogP contribution in [0, 0.1) is 0 Å². The number of anilines is 1. The number of halogens is 1. The molecule has 0 aliphatic carbocycles. The number of rotatable bonds is 4. The molecule has 0 unspecified atom stereocenters. The van der Waals surface area contributed by atoms with Crippen molar-refractivity contribution < 1.29 is 0 Å². The quantitative estimate of drug-likeness (QED) is 0.940. The molecule has 0 atom stereocenters. The summed E-state index contributed by atoms with van der Waals surface area (Å²) in [4.78, 5) is 6.78. The minimum Gasteiger partial charge on any atom is -0.362 e. The smallest absolute Gasteiger partial charge is 0.128 e. The van der Waals surface area contributed by atoms with Crippen LogP contribution in [0.15, 0.2) is 30.6 Å². The Bertz CT molecular complexity index is 593. The van der Waals surface area contributed by atoms with Crippen molar-refractivity contribution in [2.75, 3.05) is 18.0 Å². The van der Waals surface area contributed by atoms with Gasteiger partial charge in [-0.2, -0.15) is 0 Å². The maximum Gasteiger partial charge on any atom is 0.128 e. The van der Waals surface area contributed by atoms with Crippen molar-refractivity contribution >= 4 is 17.3 Å². The van der Waals surface area contributed by atoms with Crippen LogP contribution in [0.2, 0.25) is 5.02 Å². The van der Waals surface area contributed by atoms with Crippen molar-refractivity contribution in [2.45, 2.75) is 26.6 Å². The number of hydrogen-bond donors (Lipinski definition) is 1. The van der Waals surface area contributed by atoms with Gasteiger partial charge < -0.3 is 14.8 Å². The maximum absolute atomic E-state index is 6.18. The topological polar surface area (TPSA) is 33.1 Å². The van der Waals surface area contributed by atoms with Gasteiger partial charge in [-0.05, 0) is 24.2 Å². The molecule has 0 fully saturated rings. The molecule has 1 aromatic carbocycles. The molecule has 0 saturated heterocycles. The molecule has 20 heavy (non-hydrogen) atoms. The highest BCUT2D eigenvalue weighted by Crippen LogP contribution is 2.27. The number of nitrogens with one attached hydrogen (secondary N) is 1. The van der Waals surface area contributed by atoms with Gasteiger partial charge in [0.25, 0.3) is 0 Å². The fraction of sp³-hybridized carbons (Fsp3) is 0.400. The Hall–Kier alpha value is -1.52. The summed E-state index contributed by atoms with van der Waals surface area (Å²) in [5.74, 6) is 1.12. The van der Waals surface area contributed by atoms with Crippen LogP contribution in [0.25, 0.3) is 0 Å². The van der Waals surface area contributed by atoms with Crippen LogP contribution in [0.3, 0.4) is 0 Å². The Morgan fingerprint density at radius 3 is 3.10 bits per heavy atom. The van der Waals surface area contributed by atoms with Gasteiger partial charge in [0.15, 0.2) is 0 Å². The van der Waals surface area contributed by atoms with Crippen molar-refractivity contribution in [2.24, 2.45) is 0 Å².